The first-order valence-electron chi connectivity index (χ1n) is 14.0. The number of ether oxygens (including phenoxy) is 1. The maximum absolute atomic E-state index is 13.8. The molecule has 0 spiro atoms. The zero-order valence-corrected chi connectivity index (χ0v) is 25.5. The van der Waals surface area contributed by atoms with Crippen LogP contribution < -0.4 is 0 Å². The van der Waals surface area contributed by atoms with Crippen LogP contribution in [-0.4, -0.2) is 75.8 Å². The van der Waals surface area contributed by atoms with Crippen LogP contribution in [0, 0.1) is 5.92 Å². The molecule has 10 heteroatoms. The number of hydrogen-bond acceptors (Lipinski definition) is 8. The minimum atomic E-state index is -0.681. The number of ketones is 1. The monoisotopic (exact) mass is 580 g/mol. The Balaban J connectivity index is 0.00000533. The van der Waals surface area contributed by atoms with Crippen molar-refractivity contribution in [2.75, 3.05) is 32.0 Å². The van der Waals surface area contributed by atoms with Gasteiger partial charge in [0.05, 0.1) is 18.8 Å². The van der Waals surface area contributed by atoms with Crippen LogP contribution in [0.5, 0.6) is 0 Å². The predicted octanol–water partition coefficient (Wildman–Crippen LogP) is 5.90. The number of carbonyl (C=O) groups excluding carboxylic acids is 2. The van der Waals surface area contributed by atoms with Crippen molar-refractivity contribution in [1.82, 2.24) is 20.0 Å². The van der Waals surface area contributed by atoms with Crippen LogP contribution in [0.25, 0.3) is 0 Å². The highest BCUT2D eigenvalue weighted by Gasteiger charge is 2.44. The lowest BCUT2D eigenvalue weighted by Crippen LogP contribution is -2.59. The minimum absolute atomic E-state index is 0. The molecule has 0 N–H and O–H groups in total. The highest BCUT2D eigenvalue weighted by molar-refractivity contribution is 7.99. The Labute approximate surface area is 244 Å². The molecule has 8 nitrogen and oxygen atoms in total. The Hall–Kier alpha value is -1.94. The zero-order valence-electron chi connectivity index (χ0n) is 23.8. The lowest BCUT2D eigenvalue weighted by atomic mass is 9.79. The summed E-state index contributed by atoms with van der Waals surface area (Å²) in [5, 5.41) is 8.60. The summed E-state index contributed by atoms with van der Waals surface area (Å²) in [7, 11) is 0. The molecule has 0 radical (unpaired) electrons. The summed E-state index contributed by atoms with van der Waals surface area (Å²) in [5.41, 5.74) is 0.550. The molecule has 1 atom stereocenters. The molecule has 1 aromatic carbocycles. The summed E-state index contributed by atoms with van der Waals surface area (Å²) in [5.74, 6) is 0.684. The van der Waals surface area contributed by atoms with Gasteiger partial charge in [0.25, 0.3) is 11.1 Å². The van der Waals surface area contributed by atoms with Gasteiger partial charge in [0.1, 0.15) is 6.04 Å². The topological polar surface area (TPSA) is 88.8 Å². The first-order valence-corrected chi connectivity index (χ1v) is 15.0. The number of benzene rings is 1. The summed E-state index contributed by atoms with van der Waals surface area (Å²) in [6.07, 6.45) is 6.08. The van der Waals surface area contributed by atoms with Crippen molar-refractivity contribution in [1.29, 1.82) is 0 Å². The lowest BCUT2D eigenvalue weighted by Gasteiger charge is -2.47. The molecular formula is C29H45ClN4O4S. The van der Waals surface area contributed by atoms with Gasteiger partial charge in [0, 0.05) is 12.3 Å². The summed E-state index contributed by atoms with van der Waals surface area (Å²) >= 11 is 1.46. The smallest absolute Gasteiger partial charge is 0.286 e. The molecule has 1 fully saturated rings. The summed E-state index contributed by atoms with van der Waals surface area (Å²) in [6.45, 7) is 12.1. The summed E-state index contributed by atoms with van der Waals surface area (Å²) in [4.78, 5) is 30.6. The van der Waals surface area contributed by atoms with Crippen LogP contribution in [0.1, 0.15) is 82.5 Å². The Kier molecular flexibility index (Phi) is 14.5. The number of aromatic nitrogens is 2. The van der Waals surface area contributed by atoms with E-state index in [0.717, 1.165) is 69.5 Å². The molecular weight excluding hydrogens is 536 g/mol. The van der Waals surface area contributed by atoms with Gasteiger partial charge in [-0.25, -0.2) is 0 Å². The van der Waals surface area contributed by atoms with Crippen molar-refractivity contribution < 1.29 is 18.7 Å². The van der Waals surface area contributed by atoms with Crippen LogP contribution >= 0.6 is 24.2 Å². The fourth-order valence-corrected chi connectivity index (χ4v) is 6.00. The maximum atomic E-state index is 13.8. The minimum Gasteiger partial charge on any atom is -0.408 e. The Bertz CT molecular complexity index is 981. The third-order valence-corrected chi connectivity index (χ3v) is 8.20. The van der Waals surface area contributed by atoms with Crippen molar-refractivity contribution in [2.45, 2.75) is 89.6 Å². The van der Waals surface area contributed by atoms with Crippen LogP contribution in [-0.2, 0) is 16.1 Å². The molecule has 1 saturated carbocycles. The van der Waals surface area contributed by atoms with Crippen LogP contribution in [0.2, 0.25) is 0 Å². The average Bonchev–Trinajstić information content (AvgIpc) is 3.40. The fraction of sp³-hybridized carbons (Fsp3) is 0.655. The third kappa shape index (κ3) is 9.59. The normalized spacial score (nSPS) is 15.6. The molecule has 1 amide bonds. The van der Waals surface area contributed by atoms with Crippen molar-refractivity contribution in [3.05, 3.63) is 41.8 Å². The van der Waals surface area contributed by atoms with Gasteiger partial charge >= 0.3 is 0 Å². The number of carbonyl (C=O) groups is 2. The quantitative estimate of drug-likeness (QED) is 0.130. The Morgan fingerprint density at radius 3 is 2.44 bits per heavy atom. The second kappa shape index (κ2) is 17.0. The largest absolute Gasteiger partial charge is 0.408 e. The van der Waals surface area contributed by atoms with Gasteiger partial charge in [-0.1, -0.05) is 89.1 Å². The number of halogens is 1. The zero-order chi connectivity index (χ0) is 27.4. The highest BCUT2D eigenvalue weighted by atomic mass is 35.5. The second-order valence-corrected chi connectivity index (χ2v) is 11.6. The highest BCUT2D eigenvalue weighted by Crippen LogP contribution is 2.37. The van der Waals surface area contributed by atoms with Gasteiger partial charge in [0.2, 0.25) is 12.2 Å². The van der Waals surface area contributed by atoms with E-state index in [-0.39, 0.29) is 30.0 Å². The van der Waals surface area contributed by atoms with Crippen LogP contribution in [0.3, 0.4) is 0 Å². The van der Waals surface area contributed by atoms with Gasteiger partial charge in [-0.15, -0.1) is 22.6 Å². The standard InChI is InChI=1S/C29H44N4O4S.ClH/c1-5-32(6-2)17-18-38-28-31-30-27(37-28)26(35)25(19-23(3)4)33(22-34)29(15-11-8-12-16-29)21-36-20-24-13-9-7-10-14-24;/h7,9-10,13-14,22-23,25H,5-6,8,11-12,15-21H2,1-4H3;1H. The first kappa shape index (κ1) is 33.3. The molecule has 0 bridgehead atoms. The molecule has 1 unspecified atom stereocenters. The summed E-state index contributed by atoms with van der Waals surface area (Å²) < 4.78 is 12.0. The molecule has 1 aliphatic carbocycles. The van der Waals surface area contributed by atoms with Gasteiger partial charge in [-0.3, -0.25) is 9.59 Å². The van der Waals surface area contributed by atoms with Crippen molar-refractivity contribution in [3.63, 3.8) is 0 Å². The van der Waals surface area contributed by atoms with E-state index in [9.17, 15) is 9.59 Å². The van der Waals surface area contributed by atoms with Gasteiger partial charge in [-0.05, 0) is 43.8 Å². The van der Waals surface area contributed by atoms with Gasteiger partial charge in [0.15, 0.2) is 0 Å². The van der Waals surface area contributed by atoms with E-state index in [1.807, 2.05) is 30.3 Å². The maximum Gasteiger partial charge on any atom is 0.286 e. The number of nitrogens with zero attached hydrogens (tertiary/aromatic N) is 4. The van der Waals surface area contributed by atoms with E-state index in [1.165, 1.54) is 11.8 Å². The fourth-order valence-electron chi connectivity index (χ4n) is 5.24. The van der Waals surface area contributed by atoms with E-state index in [4.69, 9.17) is 9.15 Å². The van der Waals surface area contributed by atoms with E-state index < -0.39 is 11.6 Å². The van der Waals surface area contributed by atoms with Crippen molar-refractivity contribution >= 4 is 36.4 Å². The Morgan fingerprint density at radius 1 is 1.13 bits per heavy atom. The molecule has 0 saturated heterocycles. The molecule has 3 rings (SSSR count). The summed E-state index contributed by atoms with van der Waals surface area (Å²) in [6, 6.07) is 9.34. The van der Waals surface area contributed by atoms with E-state index in [0.29, 0.717) is 24.9 Å². The van der Waals surface area contributed by atoms with Crippen LogP contribution in [0.15, 0.2) is 40.0 Å². The molecule has 1 aliphatic rings. The third-order valence-electron chi connectivity index (χ3n) is 7.41. The van der Waals surface area contributed by atoms with Crippen LogP contribution in [0.4, 0.5) is 0 Å². The molecule has 0 aliphatic heterocycles. The predicted molar refractivity (Wildman–Crippen MR) is 157 cm³/mol. The van der Waals surface area contributed by atoms with E-state index in [2.05, 4.69) is 42.8 Å². The number of Topliss-reactive ketones (excluding diaryl/α,β-unsaturated/α-hetero) is 1. The number of amides is 1. The molecule has 1 heterocycles. The SMILES string of the molecule is CCN(CC)CCSc1nnc(C(=O)C(CC(C)C)N(C=O)C2(COCc3ccccc3)CCCCC2)o1.Cl. The first-order chi connectivity index (χ1) is 18.4. The molecule has 1 aromatic heterocycles. The second-order valence-electron chi connectivity index (χ2n) is 10.5. The number of rotatable bonds is 17. The van der Waals surface area contributed by atoms with Crippen molar-refractivity contribution in [2.24, 2.45) is 5.92 Å². The van der Waals surface area contributed by atoms with E-state index >= 15 is 0 Å². The van der Waals surface area contributed by atoms with Crippen molar-refractivity contribution in [3.8, 4) is 0 Å². The van der Waals surface area contributed by atoms with Gasteiger partial charge < -0.3 is 19.0 Å². The Morgan fingerprint density at radius 2 is 1.82 bits per heavy atom. The molecule has 2 aromatic rings. The average molecular weight is 581 g/mol. The van der Waals surface area contributed by atoms with E-state index in [1.54, 1.807) is 4.90 Å². The molecule has 39 heavy (non-hydrogen) atoms. The molecule has 218 valence electrons. The number of thioether (sulfide) groups is 1. The lowest BCUT2D eigenvalue weighted by molar-refractivity contribution is -0.133. The number of hydrogen-bond donors (Lipinski definition) is 0. The van der Waals surface area contributed by atoms with Gasteiger partial charge in [-0.2, -0.15) is 0 Å².